The fourth-order valence-corrected chi connectivity index (χ4v) is 5.74. The Bertz CT molecular complexity index is 1050. The number of sulfone groups is 1. The second kappa shape index (κ2) is 6.30. The summed E-state index contributed by atoms with van der Waals surface area (Å²) in [6.07, 6.45) is 2.53. The van der Waals surface area contributed by atoms with Crippen molar-refractivity contribution in [2.75, 3.05) is 17.1 Å². The highest BCUT2D eigenvalue weighted by atomic mass is 35.5. The maximum Gasteiger partial charge on any atom is 0.265 e. The predicted octanol–water partition coefficient (Wildman–Crippen LogP) is 3.19. The van der Waals surface area contributed by atoms with E-state index in [0.29, 0.717) is 18.7 Å². The smallest absolute Gasteiger partial charge is 0.265 e. The molecule has 0 radical (unpaired) electrons. The number of sulfonamides is 1. The molecular formula is C17H18ClNO4S2. The first-order valence-corrected chi connectivity index (χ1v) is 11.4. The fraction of sp³-hybridized carbons (Fsp3) is 0.294. The summed E-state index contributed by atoms with van der Waals surface area (Å²) in [5.41, 5.74) is 2.65. The first kappa shape index (κ1) is 18.2. The van der Waals surface area contributed by atoms with Crippen LogP contribution in [0.5, 0.6) is 0 Å². The van der Waals surface area contributed by atoms with Gasteiger partial charge in [0.1, 0.15) is 4.90 Å². The average molecular weight is 400 g/mol. The fourth-order valence-electron chi connectivity index (χ4n) is 2.97. The minimum atomic E-state index is -3.96. The van der Waals surface area contributed by atoms with Gasteiger partial charge in [-0.25, -0.2) is 16.8 Å². The molecule has 0 N–H and O–H groups in total. The van der Waals surface area contributed by atoms with E-state index in [1.165, 1.54) is 16.4 Å². The predicted molar refractivity (Wildman–Crippen MR) is 98.6 cm³/mol. The normalized spacial score (nSPS) is 15.1. The van der Waals surface area contributed by atoms with Crippen LogP contribution in [-0.4, -0.2) is 29.6 Å². The van der Waals surface area contributed by atoms with Crippen LogP contribution in [0.4, 0.5) is 5.69 Å². The number of benzene rings is 2. The summed E-state index contributed by atoms with van der Waals surface area (Å²) >= 11 is 6.10. The molecule has 0 saturated carbocycles. The molecule has 0 saturated heterocycles. The molecule has 134 valence electrons. The highest BCUT2D eigenvalue weighted by molar-refractivity contribution is 7.93. The van der Waals surface area contributed by atoms with Crippen molar-refractivity contribution in [3.8, 4) is 0 Å². The molecule has 0 aliphatic carbocycles. The maximum absolute atomic E-state index is 13.2. The lowest BCUT2D eigenvalue weighted by atomic mass is 10.0. The molecule has 1 heterocycles. The minimum absolute atomic E-state index is 0.00614. The van der Waals surface area contributed by atoms with E-state index in [1.807, 2.05) is 19.1 Å². The van der Waals surface area contributed by atoms with Gasteiger partial charge in [0.15, 0.2) is 9.84 Å². The number of halogens is 1. The lowest BCUT2D eigenvalue weighted by Gasteiger charge is -2.31. The van der Waals surface area contributed by atoms with Crippen molar-refractivity contribution in [2.45, 2.75) is 29.6 Å². The zero-order valence-corrected chi connectivity index (χ0v) is 16.2. The summed E-state index contributed by atoms with van der Waals surface area (Å²) in [5, 5.41) is 0.00614. The van der Waals surface area contributed by atoms with E-state index >= 15 is 0 Å². The maximum atomic E-state index is 13.2. The third-order valence-electron chi connectivity index (χ3n) is 4.21. The monoisotopic (exact) mass is 399 g/mol. The van der Waals surface area contributed by atoms with E-state index in [-0.39, 0.29) is 14.8 Å². The summed E-state index contributed by atoms with van der Waals surface area (Å²) in [6, 6.07) is 9.38. The van der Waals surface area contributed by atoms with Crippen molar-refractivity contribution in [3.63, 3.8) is 0 Å². The van der Waals surface area contributed by atoms with E-state index in [2.05, 4.69) is 0 Å². The van der Waals surface area contributed by atoms with Crippen LogP contribution >= 0.6 is 11.6 Å². The van der Waals surface area contributed by atoms with Crippen LogP contribution in [0.2, 0.25) is 5.02 Å². The lowest BCUT2D eigenvalue weighted by molar-refractivity contribution is 0.586. The van der Waals surface area contributed by atoms with Gasteiger partial charge in [-0.1, -0.05) is 29.3 Å². The second-order valence-corrected chi connectivity index (χ2v) is 10.4. The Labute approximate surface area is 153 Å². The van der Waals surface area contributed by atoms with Gasteiger partial charge in [0.05, 0.1) is 15.6 Å². The first-order chi connectivity index (χ1) is 11.6. The number of nitrogens with zero attached hydrogens (tertiary/aromatic N) is 1. The van der Waals surface area contributed by atoms with Crippen LogP contribution in [0, 0.1) is 6.92 Å². The summed E-state index contributed by atoms with van der Waals surface area (Å²) in [4.78, 5) is -0.262. The molecule has 0 unspecified atom stereocenters. The number of hydrogen-bond donors (Lipinski definition) is 0. The molecule has 0 atom stereocenters. The SMILES string of the molecule is Cc1ccc2c(c1)CCCN2S(=O)(=O)c1cc(S(C)(=O)=O)ccc1Cl. The highest BCUT2D eigenvalue weighted by Gasteiger charge is 2.31. The third kappa shape index (κ3) is 3.41. The quantitative estimate of drug-likeness (QED) is 0.794. The minimum Gasteiger partial charge on any atom is -0.266 e. The summed E-state index contributed by atoms with van der Waals surface area (Å²) in [6.45, 7) is 2.29. The van der Waals surface area contributed by atoms with Crippen LogP contribution in [-0.2, 0) is 26.3 Å². The Morgan fingerprint density at radius 1 is 1.04 bits per heavy atom. The molecule has 0 bridgehead atoms. The van der Waals surface area contributed by atoms with Crippen LogP contribution in [0.3, 0.4) is 0 Å². The second-order valence-electron chi connectivity index (χ2n) is 6.18. The first-order valence-electron chi connectivity index (χ1n) is 7.72. The van der Waals surface area contributed by atoms with Crippen molar-refractivity contribution in [1.29, 1.82) is 0 Å². The molecule has 1 aliphatic rings. The Kier molecular flexibility index (Phi) is 4.59. The van der Waals surface area contributed by atoms with Crippen molar-refractivity contribution in [1.82, 2.24) is 0 Å². The molecule has 8 heteroatoms. The van der Waals surface area contributed by atoms with Crippen LogP contribution in [0.25, 0.3) is 0 Å². The zero-order chi connectivity index (χ0) is 18.4. The van der Waals surface area contributed by atoms with Crippen LogP contribution in [0.1, 0.15) is 17.5 Å². The largest absolute Gasteiger partial charge is 0.266 e. The summed E-state index contributed by atoms with van der Waals surface area (Å²) in [7, 11) is -7.51. The van der Waals surface area contributed by atoms with E-state index in [9.17, 15) is 16.8 Å². The van der Waals surface area contributed by atoms with Gasteiger partial charge in [0.2, 0.25) is 0 Å². The molecule has 0 amide bonds. The number of anilines is 1. The van der Waals surface area contributed by atoms with Gasteiger partial charge in [-0.15, -0.1) is 0 Å². The lowest BCUT2D eigenvalue weighted by Crippen LogP contribution is -2.35. The van der Waals surface area contributed by atoms with Gasteiger partial charge in [-0.2, -0.15) is 0 Å². The number of hydrogen-bond acceptors (Lipinski definition) is 4. The van der Waals surface area contributed by atoms with Gasteiger partial charge < -0.3 is 0 Å². The summed E-state index contributed by atoms with van der Waals surface area (Å²) in [5.74, 6) is 0. The van der Waals surface area contributed by atoms with Gasteiger partial charge in [0.25, 0.3) is 10.0 Å². The molecule has 0 fully saturated rings. The van der Waals surface area contributed by atoms with Crippen LogP contribution in [0.15, 0.2) is 46.2 Å². The van der Waals surface area contributed by atoms with Crippen molar-refractivity contribution < 1.29 is 16.8 Å². The van der Waals surface area contributed by atoms with E-state index in [1.54, 1.807) is 6.07 Å². The highest BCUT2D eigenvalue weighted by Crippen LogP contribution is 2.35. The summed E-state index contributed by atoms with van der Waals surface area (Å²) < 4.78 is 51.2. The van der Waals surface area contributed by atoms with Gasteiger partial charge >= 0.3 is 0 Å². The van der Waals surface area contributed by atoms with Gasteiger partial charge in [-0.05, 0) is 49.6 Å². The van der Waals surface area contributed by atoms with E-state index in [0.717, 1.165) is 29.9 Å². The number of fused-ring (bicyclic) bond motifs is 1. The molecule has 2 aromatic rings. The molecule has 25 heavy (non-hydrogen) atoms. The molecule has 0 spiro atoms. The number of aryl methyl sites for hydroxylation is 2. The molecule has 2 aromatic carbocycles. The van der Waals surface area contributed by atoms with Crippen LogP contribution < -0.4 is 4.31 Å². The van der Waals surface area contributed by atoms with Crippen molar-refractivity contribution >= 4 is 37.1 Å². The molecule has 5 nitrogen and oxygen atoms in total. The van der Waals surface area contributed by atoms with E-state index < -0.39 is 19.9 Å². The Hall–Kier alpha value is -1.57. The Morgan fingerprint density at radius 2 is 1.76 bits per heavy atom. The molecule has 0 aromatic heterocycles. The number of rotatable bonds is 3. The average Bonchev–Trinajstić information content (AvgIpc) is 2.53. The van der Waals surface area contributed by atoms with Crippen molar-refractivity contribution in [3.05, 3.63) is 52.5 Å². The zero-order valence-electron chi connectivity index (χ0n) is 13.9. The molecule has 1 aliphatic heterocycles. The standard InChI is InChI=1S/C17H18ClNO4S2/c1-12-5-8-16-13(10-12)4-3-9-19(16)25(22,23)17-11-14(24(2,20)21)6-7-15(17)18/h5-8,10-11H,3-4,9H2,1-2H3. The van der Waals surface area contributed by atoms with E-state index in [4.69, 9.17) is 11.6 Å². The third-order valence-corrected chi connectivity index (χ3v) is 7.61. The van der Waals surface area contributed by atoms with Crippen molar-refractivity contribution in [2.24, 2.45) is 0 Å². The Morgan fingerprint density at radius 3 is 2.44 bits per heavy atom. The molecule has 3 rings (SSSR count). The van der Waals surface area contributed by atoms with Gasteiger partial charge in [-0.3, -0.25) is 4.31 Å². The molecular weight excluding hydrogens is 382 g/mol. The Balaban J connectivity index is 2.16. The van der Waals surface area contributed by atoms with Gasteiger partial charge in [0, 0.05) is 12.8 Å². The topological polar surface area (TPSA) is 71.5 Å².